The highest BCUT2D eigenvalue weighted by Crippen LogP contribution is 2.39. The number of amides is 2. The van der Waals surface area contributed by atoms with Gasteiger partial charge >= 0.3 is 6.03 Å². The van der Waals surface area contributed by atoms with Crippen molar-refractivity contribution in [1.29, 1.82) is 0 Å². The highest BCUT2D eigenvalue weighted by molar-refractivity contribution is 7.13. The highest BCUT2D eigenvalue weighted by atomic mass is 32.1. The van der Waals surface area contributed by atoms with Gasteiger partial charge in [0.2, 0.25) is 5.88 Å². The monoisotopic (exact) mass is 398 g/mol. The van der Waals surface area contributed by atoms with Crippen molar-refractivity contribution in [2.45, 2.75) is 32.9 Å². The molecule has 1 fully saturated rings. The summed E-state index contributed by atoms with van der Waals surface area (Å²) in [6, 6.07) is 6.99. The van der Waals surface area contributed by atoms with Gasteiger partial charge in [-0.1, -0.05) is 29.7 Å². The first-order valence-electron chi connectivity index (χ1n) is 9.29. The molecule has 2 amide bonds. The molecule has 1 aliphatic rings. The fraction of sp³-hybridized carbons (Fsp3) is 0.368. The van der Waals surface area contributed by atoms with Crippen molar-refractivity contribution >= 4 is 39.1 Å². The number of rotatable bonds is 4. The zero-order valence-corrected chi connectivity index (χ0v) is 16.4. The van der Waals surface area contributed by atoms with Gasteiger partial charge in [0.1, 0.15) is 0 Å². The largest absolute Gasteiger partial charge is 0.493 e. The number of azo groups is 1. The van der Waals surface area contributed by atoms with Gasteiger partial charge in [-0.2, -0.15) is 0 Å². The lowest BCUT2D eigenvalue weighted by Crippen LogP contribution is -2.31. The number of carbonyl (C=O) groups excluding carboxylic acids is 1. The zero-order valence-electron chi connectivity index (χ0n) is 15.6. The second-order valence-electron chi connectivity index (χ2n) is 6.86. The smallest absolute Gasteiger partial charge is 0.365 e. The predicted octanol–water partition coefficient (Wildman–Crippen LogP) is 4.87. The lowest BCUT2D eigenvalue weighted by molar-refractivity contribution is 0.178. The molecule has 1 aromatic carbocycles. The molecule has 146 valence electrons. The van der Waals surface area contributed by atoms with E-state index >= 15 is 0 Å². The molecule has 1 saturated heterocycles. The Morgan fingerprint density at radius 3 is 2.82 bits per heavy atom. The van der Waals surface area contributed by atoms with E-state index in [0.29, 0.717) is 17.5 Å². The van der Waals surface area contributed by atoms with E-state index in [9.17, 15) is 9.90 Å². The summed E-state index contributed by atoms with van der Waals surface area (Å²) >= 11 is 1.33. The van der Waals surface area contributed by atoms with Crippen LogP contribution in [0.3, 0.4) is 0 Å². The number of hydrogen-bond acceptors (Lipinski definition) is 6. The number of hydrogen-bond donors (Lipinski definition) is 2. The maximum absolute atomic E-state index is 12.1. The van der Waals surface area contributed by atoms with Crippen LogP contribution in [0.4, 0.5) is 15.6 Å². The van der Waals surface area contributed by atoms with Crippen LogP contribution in [-0.2, 0) is 6.67 Å². The molecule has 28 heavy (non-hydrogen) atoms. The second-order valence-corrected chi connectivity index (χ2v) is 7.72. The number of nitrogens with zero attached hydrogens (tertiary/aromatic N) is 5. The average molecular weight is 398 g/mol. The fourth-order valence-corrected chi connectivity index (χ4v) is 4.12. The van der Waals surface area contributed by atoms with Gasteiger partial charge in [-0.15, -0.1) is 16.5 Å². The van der Waals surface area contributed by atoms with Crippen molar-refractivity contribution in [1.82, 2.24) is 14.5 Å². The molecule has 9 heteroatoms. The number of likely N-dealkylation sites (tertiary alicyclic amines) is 1. The SMILES string of the molecule is Cc1csc(NC(=O)N=Nc2c(O)n(CN3CCCCC3)c3ccccc23)n1. The van der Waals surface area contributed by atoms with Crippen LogP contribution in [-0.4, -0.2) is 38.7 Å². The third-order valence-electron chi connectivity index (χ3n) is 4.78. The Bertz CT molecular complexity index is 1020. The summed E-state index contributed by atoms with van der Waals surface area (Å²) in [6.07, 6.45) is 3.59. The van der Waals surface area contributed by atoms with E-state index in [1.165, 1.54) is 30.6 Å². The number of carbonyl (C=O) groups is 1. The second kappa shape index (κ2) is 8.07. The molecule has 0 radical (unpaired) electrons. The van der Waals surface area contributed by atoms with Gasteiger partial charge in [-0.25, -0.2) is 9.78 Å². The van der Waals surface area contributed by atoms with Gasteiger partial charge in [0.25, 0.3) is 0 Å². The van der Waals surface area contributed by atoms with Gasteiger partial charge < -0.3 is 5.11 Å². The van der Waals surface area contributed by atoms with Crippen molar-refractivity contribution in [3.8, 4) is 5.88 Å². The van der Waals surface area contributed by atoms with Crippen LogP contribution in [0.1, 0.15) is 25.0 Å². The summed E-state index contributed by atoms with van der Waals surface area (Å²) in [5, 5.41) is 24.2. The van der Waals surface area contributed by atoms with Crippen LogP contribution in [0.2, 0.25) is 0 Å². The van der Waals surface area contributed by atoms with Gasteiger partial charge in [0, 0.05) is 10.8 Å². The molecule has 8 nitrogen and oxygen atoms in total. The molecule has 1 aliphatic heterocycles. The first-order chi connectivity index (χ1) is 13.6. The number of nitrogens with one attached hydrogen (secondary N) is 1. The molecule has 0 bridgehead atoms. The number of aromatic nitrogens is 2. The van der Waals surface area contributed by atoms with Gasteiger partial charge in [0.05, 0.1) is 17.9 Å². The number of para-hydroxylation sites is 1. The molecule has 0 aliphatic carbocycles. The Balaban J connectivity index is 1.59. The van der Waals surface area contributed by atoms with Crippen LogP contribution in [0.15, 0.2) is 39.9 Å². The molecular weight excluding hydrogens is 376 g/mol. The first-order valence-corrected chi connectivity index (χ1v) is 10.2. The Labute approximate surface area is 166 Å². The third-order valence-corrected chi connectivity index (χ3v) is 5.66. The molecule has 0 unspecified atom stereocenters. The van der Waals surface area contributed by atoms with Crippen LogP contribution >= 0.6 is 11.3 Å². The quantitative estimate of drug-likeness (QED) is 0.613. The van der Waals surface area contributed by atoms with Crippen LogP contribution in [0.5, 0.6) is 5.88 Å². The van der Waals surface area contributed by atoms with E-state index in [1.54, 1.807) is 0 Å². The predicted molar refractivity (Wildman–Crippen MR) is 109 cm³/mol. The van der Waals surface area contributed by atoms with Crippen LogP contribution in [0.25, 0.3) is 10.9 Å². The van der Waals surface area contributed by atoms with E-state index in [4.69, 9.17) is 0 Å². The van der Waals surface area contributed by atoms with E-state index < -0.39 is 6.03 Å². The van der Waals surface area contributed by atoms with E-state index in [0.717, 1.165) is 29.7 Å². The van der Waals surface area contributed by atoms with E-state index in [2.05, 4.69) is 25.4 Å². The number of urea groups is 1. The molecule has 0 spiro atoms. The fourth-order valence-electron chi connectivity index (χ4n) is 3.44. The molecule has 3 aromatic rings. The minimum atomic E-state index is -0.624. The van der Waals surface area contributed by atoms with Crippen molar-refractivity contribution in [2.24, 2.45) is 10.2 Å². The zero-order chi connectivity index (χ0) is 19.5. The van der Waals surface area contributed by atoms with Crippen molar-refractivity contribution < 1.29 is 9.90 Å². The summed E-state index contributed by atoms with van der Waals surface area (Å²) in [4.78, 5) is 18.5. The minimum Gasteiger partial charge on any atom is -0.493 e. The molecular formula is C19H22N6O2S. The lowest BCUT2D eigenvalue weighted by atomic mass is 10.1. The lowest BCUT2D eigenvalue weighted by Gasteiger charge is -2.27. The summed E-state index contributed by atoms with van der Waals surface area (Å²) in [5.41, 5.74) is 2.00. The average Bonchev–Trinajstić information content (AvgIpc) is 3.22. The van der Waals surface area contributed by atoms with Gasteiger partial charge in [0.15, 0.2) is 10.8 Å². The van der Waals surface area contributed by atoms with E-state index in [1.807, 2.05) is 41.1 Å². The van der Waals surface area contributed by atoms with Crippen LogP contribution < -0.4 is 5.32 Å². The maximum atomic E-state index is 12.1. The number of piperidine rings is 1. The first kappa shape index (κ1) is 18.6. The molecule has 4 rings (SSSR count). The Morgan fingerprint density at radius 1 is 1.29 bits per heavy atom. The Hall–Kier alpha value is -2.78. The highest BCUT2D eigenvalue weighted by Gasteiger charge is 2.19. The Morgan fingerprint density at radius 2 is 2.07 bits per heavy atom. The topological polar surface area (TPSA) is 95.1 Å². The van der Waals surface area contributed by atoms with Crippen LogP contribution in [0, 0.1) is 6.92 Å². The maximum Gasteiger partial charge on any atom is 0.365 e. The molecule has 3 heterocycles. The van der Waals surface area contributed by atoms with Gasteiger partial charge in [-0.3, -0.25) is 14.8 Å². The third kappa shape index (κ3) is 3.90. The van der Waals surface area contributed by atoms with E-state index in [-0.39, 0.29) is 5.88 Å². The van der Waals surface area contributed by atoms with Crippen molar-refractivity contribution in [2.75, 3.05) is 18.4 Å². The molecule has 2 N–H and O–H groups in total. The molecule has 0 atom stereocenters. The van der Waals surface area contributed by atoms with Crippen molar-refractivity contribution in [3.05, 3.63) is 35.3 Å². The summed E-state index contributed by atoms with van der Waals surface area (Å²) in [5.74, 6) is 0.0217. The number of aryl methyl sites for hydroxylation is 1. The number of benzene rings is 1. The van der Waals surface area contributed by atoms with Crippen molar-refractivity contribution in [3.63, 3.8) is 0 Å². The normalized spacial score (nSPS) is 15.5. The van der Waals surface area contributed by atoms with Gasteiger partial charge in [-0.05, 0) is 38.9 Å². The molecule has 2 aromatic heterocycles. The number of aromatic hydroxyl groups is 1. The summed E-state index contributed by atoms with van der Waals surface area (Å²) in [7, 11) is 0. The number of anilines is 1. The standard InChI is InChI=1S/C19H22N6O2S/c1-13-11-28-19(20-13)21-18(27)23-22-16-14-7-3-4-8-15(14)25(17(16)26)12-24-9-5-2-6-10-24/h3-4,7-8,11,26H,2,5-6,9-10,12H2,1H3,(H,20,21,27). The summed E-state index contributed by atoms with van der Waals surface area (Å²) < 4.78 is 1.83. The Kier molecular flexibility index (Phi) is 5.36. The number of fused-ring (bicyclic) bond motifs is 1. The number of thiazole rings is 1. The minimum absolute atomic E-state index is 0.0217. The summed E-state index contributed by atoms with van der Waals surface area (Å²) in [6.45, 7) is 4.46. The molecule has 0 saturated carbocycles.